The van der Waals surface area contributed by atoms with Crippen molar-refractivity contribution >= 4 is 33.4 Å². The van der Waals surface area contributed by atoms with Gasteiger partial charge in [-0.15, -0.1) is 0 Å². The molecule has 0 radical (unpaired) electrons. The van der Waals surface area contributed by atoms with Crippen molar-refractivity contribution in [3.63, 3.8) is 0 Å². The molecule has 5 aromatic rings. The van der Waals surface area contributed by atoms with Crippen molar-refractivity contribution in [2.75, 3.05) is 5.32 Å². The van der Waals surface area contributed by atoms with Gasteiger partial charge in [-0.2, -0.15) is 18.3 Å². The van der Waals surface area contributed by atoms with Gasteiger partial charge in [0.2, 0.25) is 0 Å². The molecule has 0 saturated heterocycles. The molecule has 6 rings (SSSR count). The summed E-state index contributed by atoms with van der Waals surface area (Å²) in [4.78, 5) is 21.4. The molecule has 2 aromatic carbocycles. The number of hydrogen-bond acceptors (Lipinski definition) is 5. The molecule has 1 aliphatic carbocycles. The Bertz CT molecular complexity index is 1700. The lowest BCUT2D eigenvalue weighted by Crippen LogP contribution is -2.15. The lowest BCUT2D eigenvalue weighted by Gasteiger charge is -2.19. The van der Waals surface area contributed by atoms with E-state index in [2.05, 4.69) is 35.7 Å². The van der Waals surface area contributed by atoms with Gasteiger partial charge < -0.3 is 5.32 Å². The minimum absolute atomic E-state index is 0.0377. The fraction of sp³-hybridized carbons (Fsp3) is 0.280. The Morgan fingerprint density at radius 2 is 1.73 bits per heavy atom. The Kier molecular flexibility index (Phi) is 5.46. The Morgan fingerprint density at radius 3 is 2.54 bits per heavy atom. The molecule has 3 heterocycles. The average Bonchev–Trinajstić information content (AvgIpc) is 3.43. The van der Waals surface area contributed by atoms with Gasteiger partial charge in [0.25, 0.3) is 5.56 Å². The zero-order valence-corrected chi connectivity index (χ0v) is 19.4. The third kappa shape index (κ3) is 4.02. The second kappa shape index (κ2) is 8.71. The zero-order chi connectivity index (χ0) is 25.7. The lowest BCUT2D eigenvalue weighted by atomic mass is 9.96. The molecule has 0 fully saturated rings. The fourth-order valence-electron chi connectivity index (χ4n) is 5.00. The molecule has 12 heteroatoms. The van der Waals surface area contributed by atoms with E-state index in [-0.39, 0.29) is 22.4 Å². The van der Waals surface area contributed by atoms with E-state index >= 15 is 0 Å². The molecule has 0 atom stereocenters. The van der Waals surface area contributed by atoms with Crippen LogP contribution < -0.4 is 10.9 Å². The molecule has 8 nitrogen and oxygen atoms in total. The summed E-state index contributed by atoms with van der Waals surface area (Å²) in [7, 11) is 0. The number of alkyl halides is 3. The number of halogens is 4. The van der Waals surface area contributed by atoms with E-state index in [0.29, 0.717) is 35.6 Å². The van der Waals surface area contributed by atoms with Crippen LogP contribution in [0.4, 0.5) is 29.2 Å². The summed E-state index contributed by atoms with van der Waals surface area (Å²) < 4.78 is 57.2. The van der Waals surface area contributed by atoms with Gasteiger partial charge in [0, 0.05) is 22.2 Å². The number of H-pyrrole nitrogens is 3. The summed E-state index contributed by atoms with van der Waals surface area (Å²) in [6.07, 6.45) is 0.0921. The van der Waals surface area contributed by atoms with E-state index in [1.165, 1.54) is 18.2 Å². The number of anilines is 2. The number of rotatable bonds is 3. The summed E-state index contributed by atoms with van der Waals surface area (Å²) in [5.41, 5.74) is -0.583. The van der Waals surface area contributed by atoms with Gasteiger partial charge in [0.05, 0.1) is 16.5 Å². The zero-order valence-electron chi connectivity index (χ0n) is 19.4. The molecule has 0 unspecified atom stereocenters. The first-order chi connectivity index (χ1) is 17.8. The SMILES string of the molecule is O=c1[nH][nH]c2ccc(-c3nc4c(c(Nc5n[nH]c6c(F)cccc56)n3)CCCCCC4)c(C(F)(F)F)c12. The van der Waals surface area contributed by atoms with Gasteiger partial charge in [-0.3, -0.25) is 20.1 Å². The Balaban J connectivity index is 1.57. The van der Waals surface area contributed by atoms with Gasteiger partial charge >= 0.3 is 6.18 Å². The first kappa shape index (κ1) is 23.2. The maximum absolute atomic E-state index is 14.3. The summed E-state index contributed by atoms with van der Waals surface area (Å²) in [5.74, 6) is -0.00740. The molecule has 0 saturated carbocycles. The summed E-state index contributed by atoms with van der Waals surface area (Å²) >= 11 is 0. The number of aromatic nitrogens is 6. The van der Waals surface area contributed by atoms with Crippen molar-refractivity contribution in [2.24, 2.45) is 0 Å². The molecule has 0 bridgehead atoms. The highest BCUT2D eigenvalue weighted by atomic mass is 19.4. The highest BCUT2D eigenvalue weighted by Crippen LogP contribution is 2.40. The van der Waals surface area contributed by atoms with E-state index in [9.17, 15) is 22.4 Å². The van der Waals surface area contributed by atoms with Crippen LogP contribution >= 0.6 is 0 Å². The summed E-state index contributed by atoms with van der Waals surface area (Å²) in [5, 5.41) is 14.6. The maximum Gasteiger partial charge on any atom is 0.417 e. The average molecular weight is 511 g/mol. The topological polar surface area (TPSA) is 115 Å². The van der Waals surface area contributed by atoms with Gasteiger partial charge in [0.15, 0.2) is 11.6 Å². The summed E-state index contributed by atoms with van der Waals surface area (Å²) in [6, 6.07) is 7.20. The van der Waals surface area contributed by atoms with E-state index in [4.69, 9.17) is 0 Å². The van der Waals surface area contributed by atoms with E-state index in [1.54, 1.807) is 12.1 Å². The molecular weight excluding hydrogens is 490 g/mol. The van der Waals surface area contributed by atoms with Gasteiger partial charge in [-0.25, -0.2) is 14.4 Å². The third-order valence-electron chi connectivity index (χ3n) is 6.74. The predicted octanol–water partition coefficient (Wildman–Crippen LogP) is 5.75. The van der Waals surface area contributed by atoms with E-state index < -0.39 is 28.5 Å². The van der Waals surface area contributed by atoms with Crippen LogP contribution in [0.3, 0.4) is 0 Å². The molecular formula is C25H21F4N7O. The standard InChI is InChI=1S/C25H21F4N7O/c26-15-8-5-7-14-20(15)34-35-23(14)32-21-12-6-3-1-2-4-9-16(12)30-22(31-21)13-10-11-17-18(24(37)36-33-17)19(13)25(27,28)29/h5,7-8,10-11H,1-4,6,9H2,(H2,33,36,37)(H2,30,31,32,34,35). The molecule has 37 heavy (non-hydrogen) atoms. The molecule has 0 aliphatic heterocycles. The number of para-hydroxylation sites is 1. The van der Waals surface area contributed by atoms with Crippen LogP contribution in [0, 0.1) is 5.82 Å². The number of benzene rings is 2. The first-order valence-corrected chi connectivity index (χ1v) is 11.9. The largest absolute Gasteiger partial charge is 0.417 e. The quantitative estimate of drug-likeness (QED) is 0.230. The Hall–Kier alpha value is -4.22. The maximum atomic E-state index is 14.3. The van der Waals surface area contributed by atoms with Crippen LogP contribution in [0.25, 0.3) is 33.2 Å². The van der Waals surface area contributed by atoms with Crippen molar-refractivity contribution in [1.29, 1.82) is 0 Å². The highest BCUT2D eigenvalue weighted by molar-refractivity contribution is 5.92. The molecule has 0 amide bonds. The minimum atomic E-state index is -4.83. The van der Waals surface area contributed by atoms with Crippen LogP contribution in [0.2, 0.25) is 0 Å². The molecule has 3 aromatic heterocycles. The smallest absolute Gasteiger partial charge is 0.323 e. The Labute approximate surface area is 206 Å². The normalized spacial score (nSPS) is 14.5. The number of aromatic amines is 3. The predicted molar refractivity (Wildman–Crippen MR) is 130 cm³/mol. The third-order valence-corrected chi connectivity index (χ3v) is 6.74. The molecule has 1 aliphatic rings. The number of fused-ring (bicyclic) bond motifs is 3. The summed E-state index contributed by atoms with van der Waals surface area (Å²) in [6.45, 7) is 0. The minimum Gasteiger partial charge on any atom is -0.323 e. The van der Waals surface area contributed by atoms with Crippen molar-refractivity contribution < 1.29 is 17.6 Å². The number of nitrogens with one attached hydrogen (secondary N) is 4. The van der Waals surface area contributed by atoms with Crippen molar-refractivity contribution in [3.8, 4) is 11.4 Å². The monoisotopic (exact) mass is 511 g/mol. The van der Waals surface area contributed by atoms with Crippen LogP contribution in [0.15, 0.2) is 35.1 Å². The van der Waals surface area contributed by atoms with Crippen LogP contribution in [0.1, 0.15) is 42.5 Å². The number of aryl methyl sites for hydroxylation is 1. The van der Waals surface area contributed by atoms with Crippen LogP contribution in [-0.4, -0.2) is 30.4 Å². The van der Waals surface area contributed by atoms with Crippen LogP contribution in [0.5, 0.6) is 0 Å². The van der Waals surface area contributed by atoms with E-state index in [0.717, 1.165) is 31.2 Å². The highest BCUT2D eigenvalue weighted by Gasteiger charge is 2.38. The molecule has 190 valence electrons. The lowest BCUT2D eigenvalue weighted by molar-refractivity contribution is -0.135. The molecule has 4 N–H and O–H groups in total. The molecule has 0 spiro atoms. The van der Waals surface area contributed by atoms with Gasteiger partial charge in [0.1, 0.15) is 17.2 Å². The fourth-order valence-corrected chi connectivity index (χ4v) is 5.00. The van der Waals surface area contributed by atoms with Gasteiger partial charge in [-0.1, -0.05) is 18.9 Å². The van der Waals surface area contributed by atoms with Crippen molar-refractivity contribution in [3.05, 3.63) is 63.3 Å². The van der Waals surface area contributed by atoms with Crippen LogP contribution in [-0.2, 0) is 19.0 Å². The van der Waals surface area contributed by atoms with Crippen molar-refractivity contribution in [2.45, 2.75) is 44.7 Å². The second-order valence-electron chi connectivity index (χ2n) is 9.08. The Morgan fingerprint density at radius 1 is 0.919 bits per heavy atom. The van der Waals surface area contributed by atoms with Crippen molar-refractivity contribution in [1.82, 2.24) is 30.4 Å². The second-order valence-corrected chi connectivity index (χ2v) is 9.08. The number of nitrogens with zero attached hydrogens (tertiary/aromatic N) is 3. The number of hydrogen-bond donors (Lipinski definition) is 4. The van der Waals surface area contributed by atoms with E-state index in [1.807, 2.05) is 0 Å². The first-order valence-electron chi connectivity index (χ1n) is 11.9. The van der Waals surface area contributed by atoms with Gasteiger partial charge in [-0.05, 0) is 49.9 Å².